The van der Waals surface area contributed by atoms with Gasteiger partial charge in [0.25, 0.3) is 0 Å². The van der Waals surface area contributed by atoms with Crippen LogP contribution in [-0.4, -0.2) is 59.6 Å². The van der Waals surface area contributed by atoms with Crippen molar-refractivity contribution in [3.63, 3.8) is 0 Å². The summed E-state index contributed by atoms with van der Waals surface area (Å²) in [5.74, 6) is 0.149. The summed E-state index contributed by atoms with van der Waals surface area (Å²) in [5.41, 5.74) is 0.310. The normalized spacial score (nSPS) is 27.8. The zero-order chi connectivity index (χ0) is 15.9. The molecule has 2 heterocycles. The molecule has 0 N–H and O–H groups in total. The van der Waals surface area contributed by atoms with Gasteiger partial charge in [0.1, 0.15) is 6.61 Å². The fourth-order valence-corrected chi connectivity index (χ4v) is 3.36. The van der Waals surface area contributed by atoms with Crippen LogP contribution in [0, 0.1) is 5.41 Å². The maximum atomic E-state index is 12.3. The van der Waals surface area contributed by atoms with Crippen molar-refractivity contribution in [2.75, 3.05) is 32.8 Å². The van der Waals surface area contributed by atoms with E-state index in [0.717, 1.165) is 32.6 Å². The number of likely N-dealkylation sites (tertiary alicyclic amines) is 2. The van der Waals surface area contributed by atoms with Crippen LogP contribution in [0.3, 0.4) is 0 Å². The van der Waals surface area contributed by atoms with Gasteiger partial charge in [-0.1, -0.05) is 0 Å². The van der Waals surface area contributed by atoms with Gasteiger partial charge in [0.15, 0.2) is 0 Å². The Balaban J connectivity index is 1.88. The number of ether oxygens (including phenoxy) is 1. The van der Waals surface area contributed by atoms with E-state index in [-0.39, 0.29) is 23.7 Å². The SMILES string of the molecule is CC(C)(C)OCC(=O)N1CCC2(CCN(C(C)(C)C)C2)C1. The number of rotatable bonds is 2. The summed E-state index contributed by atoms with van der Waals surface area (Å²) in [7, 11) is 0. The van der Waals surface area contributed by atoms with E-state index in [9.17, 15) is 4.79 Å². The average Bonchev–Trinajstić information content (AvgIpc) is 2.93. The van der Waals surface area contributed by atoms with Crippen molar-refractivity contribution in [3.8, 4) is 0 Å². The van der Waals surface area contributed by atoms with Crippen LogP contribution in [0.2, 0.25) is 0 Å². The van der Waals surface area contributed by atoms with E-state index in [1.165, 1.54) is 6.42 Å². The highest BCUT2D eigenvalue weighted by Gasteiger charge is 2.46. The summed E-state index contributed by atoms with van der Waals surface area (Å²) in [5, 5.41) is 0. The minimum Gasteiger partial charge on any atom is -0.366 e. The summed E-state index contributed by atoms with van der Waals surface area (Å²) in [6.07, 6.45) is 2.36. The van der Waals surface area contributed by atoms with Crippen molar-refractivity contribution in [1.82, 2.24) is 9.80 Å². The molecular weight excluding hydrogens is 264 g/mol. The Bertz CT molecular complexity index is 395. The van der Waals surface area contributed by atoms with Crippen LogP contribution in [0.1, 0.15) is 54.4 Å². The molecule has 1 spiro atoms. The van der Waals surface area contributed by atoms with Crippen molar-refractivity contribution >= 4 is 5.91 Å². The van der Waals surface area contributed by atoms with E-state index in [2.05, 4.69) is 25.7 Å². The molecule has 0 aliphatic carbocycles. The number of carbonyl (C=O) groups excluding carboxylic acids is 1. The molecule has 0 aromatic rings. The Morgan fingerprint density at radius 2 is 1.67 bits per heavy atom. The largest absolute Gasteiger partial charge is 0.366 e. The molecule has 2 aliphatic rings. The van der Waals surface area contributed by atoms with Crippen LogP contribution in [0.15, 0.2) is 0 Å². The van der Waals surface area contributed by atoms with Gasteiger partial charge in [-0.15, -0.1) is 0 Å². The van der Waals surface area contributed by atoms with Gasteiger partial charge in [-0.05, 0) is 60.9 Å². The quantitative estimate of drug-likeness (QED) is 0.785. The molecule has 21 heavy (non-hydrogen) atoms. The van der Waals surface area contributed by atoms with E-state index in [4.69, 9.17) is 4.74 Å². The lowest BCUT2D eigenvalue weighted by Gasteiger charge is -2.33. The molecular formula is C17H32N2O2. The lowest BCUT2D eigenvalue weighted by Crippen LogP contribution is -2.42. The summed E-state index contributed by atoms with van der Waals surface area (Å²) in [6.45, 7) is 17.1. The predicted octanol–water partition coefficient (Wildman–Crippen LogP) is 2.52. The minimum absolute atomic E-state index is 0.149. The summed E-state index contributed by atoms with van der Waals surface area (Å²) >= 11 is 0. The summed E-state index contributed by atoms with van der Waals surface area (Å²) in [4.78, 5) is 16.9. The first kappa shape index (κ1) is 16.8. The maximum absolute atomic E-state index is 12.3. The number of hydrogen-bond donors (Lipinski definition) is 0. The highest BCUT2D eigenvalue weighted by atomic mass is 16.5. The van der Waals surface area contributed by atoms with Gasteiger partial charge in [-0.3, -0.25) is 9.69 Å². The molecule has 122 valence electrons. The number of hydrogen-bond acceptors (Lipinski definition) is 3. The Kier molecular flexibility index (Phi) is 4.42. The van der Waals surface area contributed by atoms with E-state index >= 15 is 0 Å². The number of amides is 1. The molecule has 2 rings (SSSR count). The second-order valence-corrected chi connectivity index (χ2v) is 8.81. The van der Waals surface area contributed by atoms with Gasteiger partial charge in [0, 0.05) is 30.6 Å². The molecule has 4 heteroatoms. The van der Waals surface area contributed by atoms with E-state index in [0.29, 0.717) is 5.41 Å². The lowest BCUT2D eigenvalue weighted by molar-refractivity contribution is -0.140. The molecule has 2 fully saturated rings. The Morgan fingerprint density at radius 3 is 2.19 bits per heavy atom. The Labute approximate surface area is 129 Å². The summed E-state index contributed by atoms with van der Waals surface area (Å²) in [6, 6.07) is 0. The van der Waals surface area contributed by atoms with Crippen LogP contribution in [-0.2, 0) is 9.53 Å². The van der Waals surface area contributed by atoms with Crippen LogP contribution in [0.25, 0.3) is 0 Å². The second-order valence-electron chi connectivity index (χ2n) is 8.81. The molecule has 0 bridgehead atoms. The maximum Gasteiger partial charge on any atom is 0.248 e. The average molecular weight is 296 g/mol. The van der Waals surface area contributed by atoms with Gasteiger partial charge in [-0.25, -0.2) is 0 Å². The van der Waals surface area contributed by atoms with Crippen LogP contribution in [0.5, 0.6) is 0 Å². The lowest BCUT2D eigenvalue weighted by atomic mass is 9.86. The first-order valence-corrected chi connectivity index (χ1v) is 8.18. The zero-order valence-electron chi connectivity index (χ0n) is 14.7. The molecule has 2 saturated heterocycles. The van der Waals surface area contributed by atoms with E-state index in [1.807, 2.05) is 25.7 Å². The first-order valence-electron chi connectivity index (χ1n) is 8.18. The van der Waals surface area contributed by atoms with Crippen molar-refractivity contribution < 1.29 is 9.53 Å². The van der Waals surface area contributed by atoms with Gasteiger partial charge in [0.2, 0.25) is 5.91 Å². The van der Waals surface area contributed by atoms with Crippen LogP contribution in [0.4, 0.5) is 0 Å². The third kappa shape index (κ3) is 4.19. The van der Waals surface area contributed by atoms with Gasteiger partial charge < -0.3 is 9.64 Å². The third-order valence-electron chi connectivity index (χ3n) is 4.81. The van der Waals surface area contributed by atoms with Crippen molar-refractivity contribution in [1.29, 1.82) is 0 Å². The third-order valence-corrected chi connectivity index (χ3v) is 4.81. The van der Waals surface area contributed by atoms with E-state index < -0.39 is 0 Å². The molecule has 0 aromatic heterocycles. The minimum atomic E-state index is -0.247. The first-order chi connectivity index (χ1) is 9.51. The van der Waals surface area contributed by atoms with Crippen molar-refractivity contribution in [3.05, 3.63) is 0 Å². The monoisotopic (exact) mass is 296 g/mol. The zero-order valence-corrected chi connectivity index (χ0v) is 14.7. The fourth-order valence-electron chi connectivity index (χ4n) is 3.36. The van der Waals surface area contributed by atoms with Gasteiger partial charge >= 0.3 is 0 Å². The Hall–Kier alpha value is -0.610. The molecule has 2 aliphatic heterocycles. The number of carbonyl (C=O) groups is 1. The second kappa shape index (κ2) is 5.54. The van der Waals surface area contributed by atoms with Crippen molar-refractivity contribution in [2.24, 2.45) is 5.41 Å². The highest BCUT2D eigenvalue weighted by Crippen LogP contribution is 2.41. The summed E-state index contributed by atoms with van der Waals surface area (Å²) < 4.78 is 5.63. The smallest absolute Gasteiger partial charge is 0.248 e. The Morgan fingerprint density at radius 1 is 1.05 bits per heavy atom. The number of nitrogens with zero attached hydrogens (tertiary/aromatic N) is 2. The predicted molar refractivity (Wildman–Crippen MR) is 85.3 cm³/mol. The fraction of sp³-hybridized carbons (Fsp3) is 0.941. The topological polar surface area (TPSA) is 32.8 Å². The van der Waals surface area contributed by atoms with Crippen molar-refractivity contribution in [2.45, 2.75) is 65.5 Å². The molecule has 1 amide bonds. The van der Waals surface area contributed by atoms with Crippen LogP contribution >= 0.6 is 0 Å². The van der Waals surface area contributed by atoms with Gasteiger partial charge in [-0.2, -0.15) is 0 Å². The molecule has 0 aromatic carbocycles. The van der Waals surface area contributed by atoms with Gasteiger partial charge in [0.05, 0.1) is 5.60 Å². The molecule has 1 atom stereocenters. The molecule has 0 saturated carbocycles. The molecule has 0 radical (unpaired) electrons. The van der Waals surface area contributed by atoms with Crippen LogP contribution < -0.4 is 0 Å². The standard InChI is InChI=1S/C17H32N2O2/c1-15(2,3)19-10-8-17(13-19)7-9-18(12-17)14(20)11-21-16(4,5)6/h7-13H2,1-6H3. The van der Waals surface area contributed by atoms with E-state index in [1.54, 1.807) is 0 Å². The molecule has 4 nitrogen and oxygen atoms in total. The highest BCUT2D eigenvalue weighted by molar-refractivity contribution is 5.77. The molecule has 1 unspecified atom stereocenters.